The topological polar surface area (TPSA) is 76.5 Å². The molecule has 9 heteroatoms. The van der Waals surface area contributed by atoms with Gasteiger partial charge in [0.2, 0.25) is 5.88 Å². The Morgan fingerprint density at radius 2 is 1.89 bits per heavy atom. The van der Waals surface area contributed by atoms with Gasteiger partial charge in [-0.1, -0.05) is 43.7 Å². The summed E-state index contributed by atoms with van der Waals surface area (Å²) in [6.45, 7) is 3.32. The van der Waals surface area contributed by atoms with E-state index >= 15 is 0 Å². The van der Waals surface area contributed by atoms with Gasteiger partial charge in [0.05, 0.1) is 0 Å². The van der Waals surface area contributed by atoms with Gasteiger partial charge < -0.3 is 10.1 Å². The Bertz CT molecular complexity index is 1230. The number of hydrogen-bond donors (Lipinski definition) is 1. The van der Waals surface area contributed by atoms with E-state index in [1.807, 2.05) is 41.8 Å². The zero-order chi connectivity index (χ0) is 26.2. The van der Waals surface area contributed by atoms with E-state index in [0.29, 0.717) is 32.5 Å². The maximum atomic E-state index is 13.9. The normalized spacial score (nSPS) is 12.6. The summed E-state index contributed by atoms with van der Waals surface area (Å²) in [6.07, 6.45) is 4.91. The minimum absolute atomic E-state index is 0.00251. The Kier molecular flexibility index (Phi) is 8.87. The number of carbonyl (C=O) groups excluding carboxylic acids is 2. The van der Waals surface area contributed by atoms with Crippen LogP contribution in [0.4, 0.5) is 19.4 Å². The number of imidazole rings is 1. The lowest BCUT2D eigenvalue weighted by Gasteiger charge is -2.22. The molecule has 2 amide bonds. The van der Waals surface area contributed by atoms with E-state index in [1.165, 1.54) is 16.5 Å². The van der Waals surface area contributed by atoms with Crippen LogP contribution in [-0.4, -0.2) is 34.6 Å². The number of carbonyl (C=O) groups is 2. The average molecular weight is 511 g/mol. The standard InChI is InChI=1S/C28H32F2N4O3/c1-2-3-17-34(26(35)21-14-15-22(29)23(30)19-21)25-27(33-18-8-7-13-24(33)32-25)37-28(36)31-16-9-12-20-10-5-4-6-11-20/h4-6,10-11,14-15,19H,2-3,7-9,12-13,16-18H2,1H3,(H,31,36). The number of amides is 2. The van der Waals surface area contributed by atoms with E-state index in [1.54, 1.807) is 0 Å². The van der Waals surface area contributed by atoms with Crippen molar-refractivity contribution in [3.63, 3.8) is 0 Å². The van der Waals surface area contributed by atoms with Crippen molar-refractivity contribution in [3.05, 3.63) is 77.1 Å². The van der Waals surface area contributed by atoms with Crippen LogP contribution in [-0.2, 0) is 19.4 Å². The number of ether oxygens (including phenoxy) is 1. The Labute approximate surface area is 215 Å². The molecule has 2 aromatic carbocycles. The van der Waals surface area contributed by atoms with Crippen molar-refractivity contribution < 1.29 is 23.1 Å². The van der Waals surface area contributed by atoms with E-state index in [0.717, 1.165) is 50.1 Å². The molecule has 7 nitrogen and oxygen atoms in total. The summed E-state index contributed by atoms with van der Waals surface area (Å²) in [7, 11) is 0. The van der Waals surface area contributed by atoms with Gasteiger partial charge in [-0.25, -0.2) is 18.6 Å². The van der Waals surface area contributed by atoms with E-state index in [-0.39, 0.29) is 17.3 Å². The van der Waals surface area contributed by atoms with Crippen LogP contribution in [0.1, 0.15) is 60.8 Å². The quantitative estimate of drug-likeness (QED) is 0.357. The average Bonchev–Trinajstić information content (AvgIpc) is 3.26. The second-order valence-corrected chi connectivity index (χ2v) is 9.11. The van der Waals surface area contributed by atoms with E-state index < -0.39 is 23.6 Å². The monoisotopic (exact) mass is 510 g/mol. The van der Waals surface area contributed by atoms with Crippen molar-refractivity contribution in [2.24, 2.45) is 0 Å². The molecule has 0 fully saturated rings. The Balaban J connectivity index is 1.54. The summed E-state index contributed by atoms with van der Waals surface area (Å²) in [5.41, 5.74) is 1.18. The SMILES string of the molecule is CCCCN(C(=O)c1ccc(F)c(F)c1)c1nc2n(c1OC(=O)NCCCc1ccccc1)CCCC2. The maximum absolute atomic E-state index is 13.9. The molecule has 4 rings (SSSR count). The van der Waals surface area contributed by atoms with Gasteiger partial charge in [0, 0.05) is 31.6 Å². The highest BCUT2D eigenvalue weighted by molar-refractivity contribution is 6.06. The van der Waals surface area contributed by atoms with Crippen molar-refractivity contribution in [1.29, 1.82) is 0 Å². The van der Waals surface area contributed by atoms with Crippen LogP contribution in [0.5, 0.6) is 5.88 Å². The number of nitrogens with zero attached hydrogens (tertiary/aromatic N) is 3. The van der Waals surface area contributed by atoms with Gasteiger partial charge in [-0.2, -0.15) is 0 Å². The highest BCUT2D eigenvalue weighted by atomic mass is 19.2. The van der Waals surface area contributed by atoms with Gasteiger partial charge in [-0.05, 0) is 55.9 Å². The molecule has 1 aliphatic rings. The number of anilines is 1. The first kappa shape index (κ1) is 26.3. The number of aromatic nitrogens is 2. The smallest absolute Gasteiger partial charge is 0.389 e. The molecule has 0 saturated carbocycles. The number of nitrogens with one attached hydrogen (secondary N) is 1. The van der Waals surface area contributed by atoms with Gasteiger partial charge in [-0.3, -0.25) is 14.3 Å². The highest BCUT2D eigenvalue weighted by Crippen LogP contribution is 2.34. The van der Waals surface area contributed by atoms with Crippen molar-refractivity contribution in [2.75, 3.05) is 18.0 Å². The number of halogens is 2. The Hall–Kier alpha value is -3.75. The van der Waals surface area contributed by atoms with Crippen molar-refractivity contribution >= 4 is 17.8 Å². The molecule has 3 aromatic rings. The molecule has 1 N–H and O–H groups in total. The second-order valence-electron chi connectivity index (χ2n) is 9.11. The van der Waals surface area contributed by atoms with Crippen LogP contribution >= 0.6 is 0 Å². The number of hydrogen-bond acceptors (Lipinski definition) is 4. The molecule has 0 radical (unpaired) electrons. The van der Waals surface area contributed by atoms with Crippen molar-refractivity contribution in [1.82, 2.24) is 14.9 Å². The third kappa shape index (κ3) is 6.53. The molecule has 1 aliphatic heterocycles. The molecule has 196 valence electrons. The summed E-state index contributed by atoms with van der Waals surface area (Å²) < 4.78 is 35.0. The van der Waals surface area contributed by atoms with Crippen LogP contribution in [0, 0.1) is 11.6 Å². The third-order valence-corrected chi connectivity index (χ3v) is 6.36. The molecule has 0 atom stereocenters. The van der Waals surface area contributed by atoms with Crippen LogP contribution in [0.25, 0.3) is 0 Å². The van der Waals surface area contributed by atoms with Gasteiger partial charge in [0.25, 0.3) is 5.91 Å². The third-order valence-electron chi connectivity index (χ3n) is 6.36. The van der Waals surface area contributed by atoms with Crippen LogP contribution in [0.3, 0.4) is 0 Å². The van der Waals surface area contributed by atoms with Gasteiger partial charge in [0.1, 0.15) is 5.82 Å². The van der Waals surface area contributed by atoms with Gasteiger partial charge >= 0.3 is 6.09 Å². The number of aryl methyl sites for hydroxylation is 2. The van der Waals surface area contributed by atoms with Crippen molar-refractivity contribution in [2.45, 2.75) is 58.4 Å². The lowest BCUT2D eigenvalue weighted by atomic mass is 10.1. The molecule has 0 aliphatic carbocycles. The molecule has 1 aromatic heterocycles. The predicted octanol–water partition coefficient (Wildman–Crippen LogP) is 5.67. The van der Waals surface area contributed by atoms with E-state index in [9.17, 15) is 18.4 Å². The maximum Gasteiger partial charge on any atom is 0.414 e. The van der Waals surface area contributed by atoms with Crippen LogP contribution in [0.2, 0.25) is 0 Å². The number of unbranched alkanes of at least 4 members (excludes halogenated alkanes) is 1. The fourth-order valence-corrected chi connectivity index (χ4v) is 4.38. The minimum Gasteiger partial charge on any atom is -0.389 e. The Morgan fingerprint density at radius 3 is 2.65 bits per heavy atom. The number of fused-ring (bicyclic) bond motifs is 1. The first-order valence-electron chi connectivity index (χ1n) is 12.8. The lowest BCUT2D eigenvalue weighted by molar-refractivity contribution is 0.0984. The first-order valence-corrected chi connectivity index (χ1v) is 12.8. The number of rotatable bonds is 10. The van der Waals surface area contributed by atoms with E-state index in [4.69, 9.17) is 4.74 Å². The molecule has 0 bridgehead atoms. The first-order chi connectivity index (χ1) is 18.0. The molecule has 0 spiro atoms. The van der Waals surface area contributed by atoms with Gasteiger partial charge in [-0.15, -0.1) is 0 Å². The zero-order valence-electron chi connectivity index (χ0n) is 21.0. The zero-order valence-corrected chi connectivity index (χ0v) is 21.0. The van der Waals surface area contributed by atoms with E-state index in [2.05, 4.69) is 10.3 Å². The molecule has 0 saturated heterocycles. The molecular formula is C28H32F2N4O3. The van der Waals surface area contributed by atoms with Crippen LogP contribution in [0.15, 0.2) is 48.5 Å². The minimum atomic E-state index is -1.10. The predicted molar refractivity (Wildman–Crippen MR) is 137 cm³/mol. The lowest BCUT2D eigenvalue weighted by Crippen LogP contribution is -2.34. The molecule has 37 heavy (non-hydrogen) atoms. The summed E-state index contributed by atoms with van der Waals surface area (Å²) >= 11 is 0. The fraction of sp³-hybridized carbons (Fsp3) is 0.393. The van der Waals surface area contributed by atoms with Crippen LogP contribution < -0.4 is 15.0 Å². The second kappa shape index (κ2) is 12.5. The summed E-state index contributed by atoms with van der Waals surface area (Å²) in [5.74, 6) is -1.51. The number of benzene rings is 2. The van der Waals surface area contributed by atoms with Gasteiger partial charge in [0.15, 0.2) is 17.5 Å². The molecule has 2 heterocycles. The Morgan fingerprint density at radius 1 is 1.08 bits per heavy atom. The summed E-state index contributed by atoms with van der Waals surface area (Å²) in [6, 6.07) is 13.1. The summed E-state index contributed by atoms with van der Waals surface area (Å²) in [5, 5.41) is 2.78. The fourth-order valence-electron chi connectivity index (χ4n) is 4.38. The highest BCUT2D eigenvalue weighted by Gasteiger charge is 2.30. The van der Waals surface area contributed by atoms with Crippen molar-refractivity contribution in [3.8, 4) is 5.88 Å². The molecular weight excluding hydrogens is 478 g/mol. The molecule has 0 unspecified atom stereocenters. The largest absolute Gasteiger partial charge is 0.414 e. The summed E-state index contributed by atoms with van der Waals surface area (Å²) in [4.78, 5) is 32.3.